The molecule has 0 aliphatic carbocycles. The third kappa shape index (κ3) is 3.90. The summed E-state index contributed by atoms with van der Waals surface area (Å²) in [6.07, 6.45) is 3.08. The number of aromatic nitrogens is 2. The second kappa shape index (κ2) is 6.67. The topological polar surface area (TPSA) is 95.4 Å². The van der Waals surface area contributed by atoms with E-state index in [9.17, 15) is 14.7 Å². The molecule has 1 heterocycles. The molecule has 0 radical (unpaired) electrons. The van der Waals surface area contributed by atoms with Crippen molar-refractivity contribution in [3.05, 3.63) is 6.20 Å². The summed E-state index contributed by atoms with van der Waals surface area (Å²) in [5.41, 5.74) is 0. The zero-order valence-electron chi connectivity index (χ0n) is 11.3. The van der Waals surface area contributed by atoms with E-state index in [1.54, 1.807) is 0 Å². The molecule has 1 rings (SSSR count). The van der Waals surface area contributed by atoms with Gasteiger partial charge < -0.3 is 10.4 Å². The second-order valence-electron chi connectivity index (χ2n) is 4.06. The van der Waals surface area contributed by atoms with Gasteiger partial charge in [0.25, 0.3) is 0 Å². The summed E-state index contributed by atoms with van der Waals surface area (Å²) in [6, 6.07) is 0. The Hall–Kier alpha value is -2.18. The standard InChI is InChI=1S/C12H18N4O3/c1-4-5-6-13-11-10(19)7-14-12(15-11)16(8(2)17)9(3)18/h7,19H,4-6H2,1-3H3,(H,13,14,15). The molecule has 2 amide bonds. The van der Waals surface area contributed by atoms with Crippen LogP contribution in [0.2, 0.25) is 0 Å². The van der Waals surface area contributed by atoms with Crippen LogP contribution in [0.15, 0.2) is 6.20 Å². The lowest BCUT2D eigenvalue weighted by atomic mass is 10.3. The summed E-state index contributed by atoms with van der Waals surface area (Å²) < 4.78 is 0. The normalized spacial score (nSPS) is 10.1. The lowest BCUT2D eigenvalue weighted by molar-refractivity contribution is -0.124. The molecule has 0 aromatic carbocycles. The number of carbonyl (C=O) groups is 2. The van der Waals surface area contributed by atoms with Crippen LogP contribution >= 0.6 is 0 Å². The van der Waals surface area contributed by atoms with E-state index in [-0.39, 0.29) is 17.5 Å². The van der Waals surface area contributed by atoms with E-state index in [4.69, 9.17) is 0 Å². The molecule has 0 saturated carbocycles. The Bertz CT molecular complexity index is 462. The molecule has 104 valence electrons. The van der Waals surface area contributed by atoms with Gasteiger partial charge in [0.2, 0.25) is 17.8 Å². The number of carbonyl (C=O) groups excluding carboxylic acids is 2. The van der Waals surface area contributed by atoms with Crippen molar-refractivity contribution in [3.8, 4) is 5.75 Å². The highest BCUT2D eigenvalue weighted by Gasteiger charge is 2.20. The Morgan fingerprint density at radius 1 is 1.37 bits per heavy atom. The van der Waals surface area contributed by atoms with Crippen LogP contribution in [0.1, 0.15) is 33.6 Å². The number of rotatable bonds is 5. The third-order valence-electron chi connectivity index (χ3n) is 2.41. The summed E-state index contributed by atoms with van der Waals surface area (Å²) >= 11 is 0. The predicted molar refractivity (Wildman–Crippen MR) is 70.9 cm³/mol. The minimum atomic E-state index is -0.474. The van der Waals surface area contributed by atoms with Gasteiger partial charge in [0.1, 0.15) is 0 Å². The zero-order valence-corrected chi connectivity index (χ0v) is 11.3. The van der Waals surface area contributed by atoms with Crippen LogP contribution in [-0.2, 0) is 9.59 Å². The fourth-order valence-corrected chi connectivity index (χ4v) is 1.49. The highest BCUT2D eigenvalue weighted by Crippen LogP contribution is 2.22. The van der Waals surface area contributed by atoms with Crippen molar-refractivity contribution < 1.29 is 14.7 Å². The minimum absolute atomic E-state index is 0.0446. The molecule has 0 spiro atoms. The van der Waals surface area contributed by atoms with Crippen molar-refractivity contribution in [1.82, 2.24) is 9.97 Å². The van der Waals surface area contributed by atoms with Crippen LogP contribution in [0.4, 0.5) is 11.8 Å². The number of unbranched alkanes of at least 4 members (excludes halogenated alkanes) is 1. The molecular weight excluding hydrogens is 248 g/mol. The molecule has 2 N–H and O–H groups in total. The number of aromatic hydroxyl groups is 1. The lowest BCUT2D eigenvalue weighted by Gasteiger charge is -2.16. The zero-order chi connectivity index (χ0) is 14.4. The van der Waals surface area contributed by atoms with Crippen molar-refractivity contribution >= 4 is 23.6 Å². The number of anilines is 2. The number of imide groups is 1. The van der Waals surface area contributed by atoms with Crippen molar-refractivity contribution in [3.63, 3.8) is 0 Å². The molecule has 0 saturated heterocycles. The van der Waals surface area contributed by atoms with Gasteiger partial charge in [0.05, 0.1) is 6.20 Å². The lowest BCUT2D eigenvalue weighted by Crippen LogP contribution is -2.34. The molecule has 7 nitrogen and oxygen atoms in total. The SMILES string of the molecule is CCCCNc1nc(N(C(C)=O)C(C)=O)ncc1O. The van der Waals surface area contributed by atoms with E-state index in [0.717, 1.165) is 23.9 Å². The highest BCUT2D eigenvalue weighted by atomic mass is 16.3. The van der Waals surface area contributed by atoms with Crippen LogP contribution in [0.25, 0.3) is 0 Å². The van der Waals surface area contributed by atoms with Crippen LogP contribution < -0.4 is 10.2 Å². The molecule has 0 aliphatic rings. The number of hydrogen-bond donors (Lipinski definition) is 2. The molecule has 1 aromatic heterocycles. The number of amides is 2. The maximum atomic E-state index is 11.4. The summed E-state index contributed by atoms with van der Waals surface area (Å²) in [7, 11) is 0. The number of nitrogens with one attached hydrogen (secondary N) is 1. The van der Waals surface area contributed by atoms with Crippen molar-refractivity contribution in [2.24, 2.45) is 0 Å². The molecule has 0 bridgehead atoms. The molecular formula is C12H18N4O3. The minimum Gasteiger partial charge on any atom is -0.503 e. The largest absolute Gasteiger partial charge is 0.503 e. The van der Waals surface area contributed by atoms with Crippen LogP contribution in [-0.4, -0.2) is 33.4 Å². The molecule has 0 aliphatic heterocycles. The summed E-state index contributed by atoms with van der Waals surface area (Å²) in [4.78, 5) is 31.4. The molecule has 1 aromatic rings. The maximum Gasteiger partial charge on any atom is 0.241 e. The quantitative estimate of drug-likeness (QED) is 0.780. The molecule has 7 heteroatoms. The molecule has 0 fully saturated rings. The Balaban J connectivity index is 2.99. The highest BCUT2D eigenvalue weighted by molar-refractivity contribution is 6.11. The van der Waals surface area contributed by atoms with Gasteiger partial charge in [-0.2, -0.15) is 4.98 Å². The molecule has 0 atom stereocenters. The van der Waals surface area contributed by atoms with E-state index in [1.807, 2.05) is 6.92 Å². The van der Waals surface area contributed by atoms with E-state index in [0.29, 0.717) is 6.54 Å². The average molecular weight is 266 g/mol. The van der Waals surface area contributed by atoms with E-state index >= 15 is 0 Å². The van der Waals surface area contributed by atoms with Crippen LogP contribution in [0.3, 0.4) is 0 Å². The van der Waals surface area contributed by atoms with Crippen LogP contribution in [0.5, 0.6) is 5.75 Å². The predicted octanol–water partition coefficient (Wildman–Crippen LogP) is 1.29. The summed E-state index contributed by atoms with van der Waals surface area (Å²) in [6.45, 7) is 5.18. The molecule has 0 unspecified atom stereocenters. The van der Waals surface area contributed by atoms with E-state index in [2.05, 4.69) is 15.3 Å². The van der Waals surface area contributed by atoms with Gasteiger partial charge in [-0.3, -0.25) is 9.59 Å². The van der Waals surface area contributed by atoms with Gasteiger partial charge in [-0.25, -0.2) is 9.88 Å². The monoisotopic (exact) mass is 266 g/mol. The number of nitrogens with zero attached hydrogens (tertiary/aromatic N) is 3. The fraction of sp³-hybridized carbons (Fsp3) is 0.500. The summed E-state index contributed by atoms with van der Waals surface area (Å²) in [5, 5.41) is 12.6. The van der Waals surface area contributed by atoms with E-state index in [1.165, 1.54) is 13.8 Å². The summed E-state index contributed by atoms with van der Waals surface area (Å²) in [5.74, 6) is -0.898. The van der Waals surface area contributed by atoms with Gasteiger partial charge in [0, 0.05) is 20.4 Å². The van der Waals surface area contributed by atoms with Gasteiger partial charge in [-0.05, 0) is 6.42 Å². The maximum absolute atomic E-state index is 11.4. The van der Waals surface area contributed by atoms with Crippen molar-refractivity contribution in [2.45, 2.75) is 33.6 Å². The average Bonchev–Trinajstić information content (AvgIpc) is 2.32. The first kappa shape index (κ1) is 14.9. The van der Waals surface area contributed by atoms with Gasteiger partial charge in [0.15, 0.2) is 11.6 Å². The first-order valence-electron chi connectivity index (χ1n) is 6.08. The Morgan fingerprint density at radius 3 is 2.53 bits per heavy atom. The first-order valence-corrected chi connectivity index (χ1v) is 6.08. The van der Waals surface area contributed by atoms with E-state index < -0.39 is 11.8 Å². The smallest absolute Gasteiger partial charge is 0.241 e. The van der Waals surface area contributed by atoms with Crippen LogP contribution in [0, 0.1) is 0 Å². The van der Waals surface area contributed by atoms with Crippen molar-refractivity contribution in [1.29, 1.82) is 0 Å². The van der Waals surface area contributed by atoms with Gasteiger partial charge in [-0.15, -0.1) is 0 Å². The third-order valence-corrected chi connectivity index (χ3v) is 2.41. The number of hydrogen-bond acceptors (Lipinski definition) is 6. The molecule has 19 heavy (non-hydrogen) atoms. The van der Waals surface area contributed by atoms with Gasteiger partial charge in [-0.1, -0.05) is 13.3 Å². The fourth-order valence-electron chi connectivity index (χ4n) is 1.49. The van der Waals surface area contributed by atoms with Gasteiger partial charge >= 0.3 is 0 Å². The van der Waals surface area contributed by atoms with Crippen molar-refractivity contribution in [2.75, 3.05) is 16.8 Å². The Labute approximate surface area is 111 Å². The Kier molecular flexibility index (Phi) is 5.23. The Morgan fingerprint density at radius 2 is 2.00 bits per heavy atom. The first-order chi connectivity index (χ1) is 8.97. The second-order valence-corrected chi connectivity index (χ2v) is 4.06.